The van der Waals surface area contributed by atoms with Gasteiger partial charge in [0, 0.05) is 24.5 Å². The molecule has 1 aliphatic rings. The fraction of sp³-hybridized carbons (Fsp3) is 0.167. The standard InChI is InChI=1S/C24H20FN5O2/c25-19-8-6-18(7-9-19)20-14-21-24(26-11-13-30(21)27-20)28-15-22(31)29(23(32)16-28)12-10-17-4-2-1-3-5-17/h1-9,11,13-14H,10,12,15-16H2. The van der Waals surface area contributed by atoms with Gasteiger partial charge in [0.05, 0.1) is 18.8 Å². The van der Waals surface area contributed by atoms with Gasteiger partial charge in [-0.3, -0.25) is 14.5 Å². The first-order valence-electron chi connectivity index (χ1n) is 10.3. The quantitative estimate of drug-likeness (QED) is 0.456. The predicted octanol–water partition coefficient (Wildman–Crippen LogP) is 2.95. The topological polar surface area (TPSA) is 70.8 Å². The molecule has 0 unspecified atom stereocenters. The van der Waals surface area contributed by atoms with Gasteiger partial charge in [-0.1, -0.05) is 30.3 Å². The van der Waals surface area contributed by atoms with Crippen LogP contribution in [0.5, 0.6) is 0 Å². The Kier molecular flexibility index (Phi) is 5.10. The average molecular weight is 429 g/mol. The van der Waals surface area contributed by atoms with E-state index >= 15 is 0 Å². The Balaban J connectivity index is 1.37. The lowest BCUT2D eigenvalue weighted by atomic mass is 10.1. The molecule has 0 radical (unpaired) electrons. The maximum Gasteiger partial charge on any atom is 0.248 e. The minimum absolute atomic E-state index is 0.0598. The van der Waals surface area contributed by atoms with Crippen molar-refractivity contribution < 1.29 is 14.0 Å². The highest BCUT2D eigenvalue weighted by Gasteiger charge is 2.32. The first-order chi connectivity index (χ1) is 15.6. The number of anilines is 1. The Morgan fingerprint density at radius 3 is 2.38 bits per heavy atom. The van der Waals surface area contributed by atoms with Crippen molar-refractivity contribution in [3.63, 3.8) is 0 Å². The van der Waals surface area contributed by atoms with Crippen LogP contribution >= 0.6 is 0 Å². The van der Waals surface area contributed by atoms with Gasteiger partial charge in [0.1, 0.15) is 11.3 Å². The second-order valence-electron chi connectivity index (χ2n) is 7.65. The van der Waals surface area contributed by atoms with Crippen LogP contribution in [0.25, 0.3) is 16.8 Å². The Morgan fingerprint density at radius 1 is 0.938 bits per heavy atom. The number of amides is 2. The molecule has 0 aliphatic carbocycles. The summed E-state index contributed by atoms with van der Waals surface area (Å²) in [5.74, 6) is -0.307. The third-order valence-corrected chi connectivity index (χ3v) is 5.53. The van der Waals surface area contributed by atoms with Crippen molar-refractivity contribution in [1.29, 1.82) is 0 Å². The zero-order valence-electron chi connectivity index (χ0n) is 17.2. The van der Waals surface area contributed by atoms with Crippen LogP contribution in [0.4, 0.5) is 10.2 Å². The normalized spacial score (nSPS) is 14.4. The highest BCUT2D eigenvalue weighted by atomic mass is 19.1. The summed E-state index contributed by atoms with van der Waals surface area (Å²) < 4.78 is 14.9. The number of carbonyl (C=O) groups excluding carboxylic acids is 2. The number of aromatic nitrogens is 3. The van der Waals surface area contributed by atoms with Crippen LogP contribution in [0.2, 0.25) is 0 Å². The van der Waals surface area contributed by atoms with Gasteiger partial charge in [0.25, 0.3) is 0 Å². The number of carbonyl (C=O) groups is 2. The monoisotopic (exact) mass is 429 g/mol. The molecule has 0 atom stereocenters. The molecule has 1 fully saturated rings. The fourth-order valence-corrected chi connectivity index (χ4v) is 3.89. The van der Waals surface area contributed by atoms with E-state index in [1.165, 1.54) is 17.0 Å². The Hall–Kier alpha value is -4.07. The van der Waals surface area contributed by atoms with E-state index in [4.69, 9.17) is 0 Å². The summed E-state index contributed by atoms with van der Waals surface area (Å²) >= 11 is 0. The second kappa shape index (κ2) is 8.22. The van der Waals surface area contributed by atoms with Crippen molar-refractivity contribution in [2.45, 2.75) is 6.42 Å². The molecule has 4 aromatic rings. The van der Waals surface area contributed by atoms with Crippen LogP contribution in [-0.4, -0.2) is 50.9 Å². The zero-order chi connectivity index (χ0) is 22.1. The van der Waals surface area contributed by atoms with Gasteiger partial charge in [-0.2, -0.15) is 5.10 Å². The third kappa shape index (κ3) is 3.82. The van der Waals surface area contributed by atoms with E-state index in [9.17, 15) is 14.0 Å². The van der Waals surface area contributed by atoms with Gasteiger partial charge in [0.2, 0.25) is 11.8 Å². The van der Waals surface area contributed by atoms with Gasteiger partial charge in [0.15, 0.2) is 5.82 Å². The van der Waals surface area contributed by atoms with Crippen LogP contribution in [0.1, 0.15) is 5.56 Å². The third-order valence-electron chi connectivity index (χ3n) is 5.53. The van der Waals surface area contributed by atoms with E-state index in [1.807, 2.05) is 36.4 Å². The summed E-state index contributed by atoms with van der Waals surface area (Å²) in [7, 11) is 0. The van der Waals surface area contributed by atoms with E-state index in [2.05, 4.69) is 10.1 Å². The molecular formula is C24H20FN5O2. The Labute approximate surface area is 183 Å². The second-order valence-corrected chi connectivity index (χ2v) is 7.65. The van der Waals surface area contributed by atoms with Gasteiger partial charge < -0.3 is 4.90 Å². The molecule has 1 saturated heterocycles. The molecule has 5 rings (SSSR count). The lowest BCUT2D eigenvalue weighted by Crippen LogP contribution is -2.54. The molecule has 0 N–H and O–H groups in total. The van der Waals surface area contributed by atoms with E-state index in [0.29, 0.717) is 30.0 Å². The fourth-order valence-electron chi connectivity index (χ4n) is 3.89. The molecule has 2 amide bonds. The number of halogens is 1. The molecule has 1 aliphatic heterocycles. The number of hydrogen-bond acceptors (Lipinski definition) is 5. The molecule has 2 aromatic carbocycles. The van der Waals surface area contributed by atoms with Gasteiger partial charge >= 0.3 is 0 Å². The molecule has 7 nitrogen and oxygen atoms in total. The highest BCUT2D eigenvalue weighted by molar-refractivity contribution is 6.03. The number of imide groups is 1. The summed E-state index contributed by atoms with van der Waals surface area (Å²) in [6, 6.07) is 17.7. The predicted molar refractivity (Wildman–Crippen MR) is 117 cm³/mol. The number of rotatable bonds is 5. The molecule has 160 valence electrons. The molecule has 0 saturated carbocycles. The van der Waals surface area contributed by atoms with Crippen LogP contribution in [0.3, 0.4) is 0 Å². The Bertz CT molecular complexity index is 1270. The zero-order valence-corrected chi connectivity index (χ0v) is 17.2. The smallest absolute Gasteiger partial charge is 0.248 e. The van der Waals surface area contributed by atoms with Crippen molar-refractivity contribution >= 4 is 23.1 Å². The van der Waals surface area contributed by atoms with E-state index < -0.39 is 0 Å². The average Bonchev–Trinajstić information content (AvgIpc) is 3.24. The number of benzene rings is 2. The summed E-state index contributed by atoms with van der Waals surface area (Å²) in [6.07, 6.45) is 3.90. The van der Waals surface area contributed by atoms with E-state index in [-0.39, 0.29) is 30.7 Å². The number of hydrogen-bond donors (Lipinski definition) is 0. The summed E-state index contributed by atoms with van der Waals surface area (Å²) in [6.45, 7) is 0.475. The molecule has 32 heavy (non-hydrogen) atoms. The Morgan fingerprint density at radius 2 is 1.66 bits per heavy atom. The molecule has 8 heteroatoms. The summed E-state index contributed by atoms with van der Waals surface area (Å²) in [5.41, 5.74) is 3.16. The van der Waals surface area contributed by atoms with Gasteiger partial charge in [-0.25, -0.2) is 13.9 Å². The highest BCUT2D eigenvalue weighted by Crippen LogP contribution is 2.26. The van der Waals surface area contributed by atoms with Crippen LogP contribution in [0.15, 0.2) is 73.1 Å². The van der Waals surface area contributed by atoms with Crippen LogP contribution in [-0.2, 0) is 16.0 Å². The first-order valence-corrected chi connectivity index (χ1v) is 10.3. The van der Waals surface area contributed by atoms with Crippen molar-refractivity contribution in [3.05, 3.63) is 84.4 Å². The number of fused-ring (bicyclic) bond motifs is 1. The largest absolute Gasteiger partial charge is 0.336 e. The van der Waals surface area contributed by atoms with Crippen molar-refractivity contribution in [2.75, 3.05) is 24.5 Å². The minimum Gasteiger partial charge on any atom is -0.336 e. The van der Waals surface area contributed by atoms with Crippen LogP contribution < -0.4 is 4.90 Å². The molecule has 3 heterocycles. The van der Waals surface area contributed by atoms with Gasteiger partial charge in [-0.05, 0) is 42.3 Å². The molecule has 2 aromatic heterocycles. The maximum absolute atomic E-state index is 13.3. The summed E-state index contributed by atoms with van der Waals surface area (Å²) in [4.78, 5) is 33.0. The molecule has 0 spiro atoms. The lowest BCUT2D eigenvalue weighted by Gasteiger charge is -2.33. The molecule has 0 bridgehead atoms. The van der Waals surface area contributed by atoms with E-state index in [0.717, 1.165) is 11.1 Å². The number of piperazine rings is 1. The van der Waals surface area contributed by atoms with Crippen molar-refractivity contribution in [1.82, 2.24) is 19.5 Å². The van der Waals surface area contributed by atoms with E-state index in [1.54, 1.807) is 33.9 Å². The number of nitrogens with zero attached hydrogens (tertiary/aromatic N) is 5. The van der Waals surface area contributed by atoms with Crippen LogP contribution in [0, 0.1) is 5.82 Å². The SMILES string of the molecule is O=C1CN(c2nccn3nc(-c4ccc(F)cc4)cc23)CC(=O)N1CCc1ccccc1. The maximum atomic E-state index is 13.3. The molecular weight excluding hydrogens is 409 g/mol. The van der Waals surface area contributed by atoms with Crippen molar-refractivity contribution in [2.24, 2.45) is 0 Å². The van der Waals surface area contributed by atoms with Crippen molar-refractivity contribution in [3.8, 4) is 11.3 Å². The first kappa shape index (κ1) is 19.9. The van der Waals surface area contributed by atoms with Gasteiger partial charge in [-0.15, -0.1) is 0 Å². The summed E-state index contributed by atoms with van der Waals surface area (Å²) in [5, 5.41) is 4.53. The lowest BCUT2D eigenvalue weighted by molar-refractivity contribution is -0.145. The minimum atomic E-state index is -0.318.